The summed E-state index contributed by atoms with van der Waals surface area (Å²) < 4.78 is 13.6. The van der Waals surface area contributed by atoms with Crippen LogP contribution in [-0.4, -0.2) is 6.54 Å². The molecular formula is C9H9BrFN. The molecular weight excluding hydrogens is 221 g/mol. The first-order valence-corrected chi connectivity index (χ1v) is 4.75. The van der Waals surface area contributed by atoms with Crippen molar-refractivity contribution in [3.63, 3.8) is 0 Å². The SMILES string of the molecule is Fc1cccc(C2CCN2)c1Br. The average molecular weight is 230 g/mol. The first kappa shape index (κ1) is 8.20. The van der Waals surface area contributed by atoms with E-state index in [0.717, 1.165) is 18.5 Å². The highest BCUT2D eigenvalue weighted by Crippen LogP contribution is 2.30. The van der Waals surface area contributed by atoms with Gasteiger partial charge in [-0.3, -0.25) is 0 Å². The van der Waals surface area contributed by atoms with E-state index in [4.69, 9.17) is 0 Å². The van der Waals surface area contributed by atoms with Gasteiger partial charge in [-0.25, -0.2) is 4.39 Å². The molecule has 0 aliphatic carbocycles. The van der Waals surface area contributed by atoms with Crippen molar-refractivity contribution in [3.05, 3.63) is 34.1 Å². The highest BCUT2D eigenvalue weighted by molar-refractivity contribution is 9.10. The Bertz CT molecular complexity index is 297. The van der Waals surface area contributed by atoms with Crippen LogP contribution in [0.5, 0.6) is 0 Å². The van der Waals surface area contributed by atoms with Crippen molar-refractivity contribution in [1.82, 2.24) is 5.32 Å². The summed E-state index contributed by atoms with van der Waals surface area (Å²) in [4.78, 5) is 0. The van der Waals surface area contributed by atoms with Crippen LogP contribution in [0.3, 0.4) is 0 Å². The number of hydrogen-bond acceptors (Lipinski definition) is 1. The predicted molar refractivity (Wildman–Crippen MR) is 49.5 cm³/mol. The van der Waals surface area contributed by atoms with Crippen molar-refractivity contribution in [2.75, 3.05) is 6.54 Å². The van der Waals surface area contributed by atoms with Gasteiger partial charge in [-0.05, 0) is 40.5 Å². The summed E-state index contributed by atoms with van der Waals surface area (Å²) in [5, 5.41) is 3.23. The quantitative estimate of drug-likeness (QED) is 0.781. The van der Waals surface area contributed by atoms with E-state index in [1.165, 1.54) is 6.07 Å². The van der Waals surface area contributed by atoms with E-state index in [2.05, 4.69) is 21.2 Å². The van der Waals surface area contributed by atoms with Crippen molar-refractivity contribution in [1.29, 1.82) is 0 Å². The van der Waals surface area contributed by atoms with Crippen LogP contribution in [0.25, 0.3) is 0 Å². The zero-order valence-corrected chi connectivity index (χ0v) is 8.07. The minimum Gasteiger partial charge on any atom is -0.310 e. The smallest absolute Gasteiger partial charge is 0.137 e. The Balaban J connectivity index is 2.36. The molecule has 1 aliphatic rings. The molecule has 1 atom stereocenters. The Morgan fingerprint density at radius 2 is 2.25 bits per heavy atom. The van der Waals surface area contributed by atoms with Crippen LogP contribution in [0.15, 0.2) is 22.7 Å². The fourth-order valence-electron chi connectivity index (χ4n) is 1.34. The van der Waals surface area contributed by atoms with Gasteiger partial charge in [-0.2, -0.15) is 0 Å². The minimum atomic E-state index is -0.179. The lowest BCUT2D eigenvalue weighted by Gasteiger charge is -2.28. The fourth-order valence-corrected chi connectivity index (χ4v) is 1.88. The summed E-state index contributed by atoms with van der Waals surface area (Å²) in [5.41, 5.74) is 1.03. The van der Waals surface area contributed by atoms with Crippen LogP contribution in [-0.2, 0) is 0 Å². The number of hydrogen-bond donors (Lipinski definition) is 1. The lowest BCUT2D eigenvalue weighted by atomic mass is 9.98. The van der Waals surface area contributed by atoms with E-state index in [0.29, 0.717) is 10.5 Å². The average Bonchev–Trinajstić information content (AvgIpc) is 1.95. The lowest BCUT2D eigenvalue weighted by molar-refractivity contribution is 0.380. The third-order valence-corrected chi connectivity index (χ3v) is 3.02. The highest BCUT2D eigenvalue weighted by atomic mass is 79.9. The van der Waals surface area contributed by atoms with E-state index in [-0.39, 0.29) is 5.82 Å². The molecule has 1 aromatic rings. The molecule has 64 valence electrons. The first-order chi connectivity index (χ1) is 5.79. The maximum absolute atomic E-state index is 13.0. The molecule has 0 bridgehead atoms. The molecule has 1 aromatic carbocycles. The zero-order valence-electron chi connectivity index (χ0n) is 6.48. The maximum Gasteiger partial charge on any atom is 0.137 e. The van der Waals surface area contributed by atoms with Crippen molar-refractivity contribution in [3.8, 4) is 0 Å². The second-order valence-electron chi connectivity index (χ2n) is 2.94. The Hall–Kier alpha value is -0.410. The number of halogens is 2. The molecule has 1 unspecified atom stereocenters. The summed E-state index contributed by atoms with van der Waals surface area (Å²) in [7, 11) is 0. The van der Waals surface area contributed by atoms with E-state index < -0.39 is 0 Å². The van der Waals surface area contributed by atoms with E-state index in [1.54, 1.807) is 6.07 Å². The maximum atomic E-state index is 13.0. The van der Waals surface area contributed by atoms with Crippen molar-refractivity contribution in [2.24, 2.45) is 0 Å². The molecule has 3 heteroatoms. The Morgan fingerprint density at radius 1 is 1.50 bits per heavy atom. The molecule has 1 aliphatic heterocycles. The molecule has 0 radical (unpaired) electrons. The third kappa shape index (κ3) is 1.27. The molecule has 0 amide bonds. The largest absolute Gasteiger partial charge is 0.310 e. The number of nitrogens with one attached hydrogen (secondary N) is 1. The van der Waals surface area contributed by atoms with Crippen LogP contribution in [0.2, 0.25) is 0 Å². The summed E-state index contributed by atoms with van der Waals surface area (Å²) >= 11 is 3.24. The van der Waals surface area contributed by atoms with E-state index in [9.17, 15) is 4.39 Å². The van der Waals surface area contributed by atoms with Crippen LogP contribution in [0.1, 0.15) is 18.0 Å². The van der Waals surface area contributed by atoms with E-state index >= 15 is 0 Å². The summed E-state index contributed by atoms with van der Waals surface area (Å²) in [6.07, 6.45) is 1.10. The Kier molecular flexibility index (Phi) is 2.15. The molecule has 1 saturated heterocycles. The van der Waals surface area contributed by atoms with Gasteiger partial charge in [0.05, 0.1) is 4.47 Å². The summed E-state index contributed by atoms with van der Waals surface area (Å²) in [6.45, 7) is 1.04. The van der Waals surface area contributed by atoms with Crippen molar-refractivity contribution >= 4 is 15.9 Å². The minimum absolute atomic E-state index is 0.179. The molecule has 0 spiro atoms. The second kappa shape index (κ2) is 3.15. The van der Waals surface area contributed by atoms with Crippen LogP contribution < -0.4 is 5.32 Å². The monoisotopic (exact) mass is 229 g/mol. The second-order valence-corrected chi connectivity index (χ2v) is 3.73. The van der Waals surface area contributed by atoms with Crippen LogP contribution in [0.4, 0.5) is 4.39 Å². The van der Waals surface area contributed by atoms with Gasteiger partial charge in [0.2, 0.25) is 0 Å². The number of rotatable bonds is 1. The Labute approximate surface area is 79.1 Å². The highest BCUT2D eigenvalue weighted by Gasteiger charge is 2.21. The normalized spacial score (nSPS) is 22.0. The summed E-state index contributed by atoms with van der Waals surface area (Å²) in [5.74, 6) is -0.179. The third-order valence-electron chi connectivity index (χ3n) is 2.18. The summed E-state index contributed by atoms with van der Waals surface area (Å²) in [6, 6.07) is 5.50. The van der Waals surface area contributed by atoms with Gasteiger partial charge in [0, 0.05) is 6.04 Å². The standard InChI is InChI=1S/C9H9BrFN/c10-9-6(8-4-5-12-8)2-1-3-7(9)11/h1-3,8,12H,4-5H2. The Morgan fingerprint density at radius 3 is 2.83 bits per heavy atom. The van der Waals surface area contributed by atoms with Gasteiger partial charge in [0.1, 0.15) is 5.82 Å². The lowest BCUT2D eigenvalue weighted by Crippen LogP contribution is -2.35. The predicted octanol–water partition coefficient (Wildman–Crippen LogP) is 2.62. The molecule has 1 N–H and O–H groups in total. The van der Waals surface area contributed by atoms with Gasteiger partial charge in [-0.1, -0.05) is 12.1 Å². The van der Waals surface area contributed by atoms with Crippen molar-refractivity contribution < 1.29 is 4.39 Å². The van der Waals surface area contributed by atoms with Gasteiger partial charge in [0.15, 0.2) is 0 Å². The molecule has 0 aromatic heterocycles. The van der Waals surface area contributed by atoms with Crippen molar-refractivity contribution in [2.45, 2.75) is 12.5 Å². The van der Waals surface area contributed by atoms with E-state index in [1.807, 2.05) is 6.07 Å². The first-order valence-electron chi connectivity index (χ1n) is 3.96. The fraction of sp³-hybridized carbons (Fsp3) is 0.333. The van der Waals surface area contributed by atoms with Gasteiger partial charge in [-0.15, -0.1) is 0 Å². The topological polar surface area (TPSA) is 12.0 Å². The van der Waals surface area contributed by atoms with Crippen LogP contribution in [0, 0.1) is 5.82 Å². The van der Waals surface area contributed by atoms with Gasteiger partial charge < -0.3 is 5.32 Å². The molecule has 1 heterocycles. The zero-order chi connectivity index (χ0) is 8.55. The van der Waals surface area contributed by atoms with Gasteiger partial charge in [0.25, 0.3) is 0 Å². The van der Waals surface area contributed by atoms with Crippen LogP contribution >= 0.6 is 15.9 Å². The molecule has 1 nitrogen and oxygen atoms in total. The molecule has 1 fully saturated rings. The van der Waals surface area contributed by atoms with Gasteiger partial charge >= 0.3 is 0 Å². The molecule has 0 saturated carbocycles. The molecule has 2 rings (SSSR count). The number of benzene rings is 1. The molecule has 12 heavy (non-hydrogen) atoms.